The molecule has 1 aromatic carbocycles. The van der Waals surface area contributed by atoms with Crippen molar-refractivity contribution < 1.29 is 17.9 Å². The highest BCUT2D eigenvalue weighted by Gasteiger charge is 2.28. The molecule has 9 nitrogen and oxygen atoms in total. The number of nitrogens with one attached hydrogen (secondary N) is 2. The van der Waals surface area contributed by atoms with Crippen LogP contribution in [-0.4, -0.2) is 47.2 Å². The number of fused-ring (bicyclic) bond motifs is 3. The summed E-state index contributed by atoms with van der Waals surface area (Å²) < 4.78 is 33.3. The summed E-state index contributed by atoms with van der Waals surface area (Å²) in [5.41, 5.74) is 4.81. The Kier molecular flexibility index (Phi) is 4.94. The van der Waals surface area contributed by atoms with Crippen molar-refractivity contribution in [2.24, 2.45) is 0 Å². The maximum absolute atomic E-state index is 13.5. The number of aromatic nitrogens is 4. The molecule has 156 valence electrons. The Balaban J connectivity index is 1.96. The van der Waals surface area contributed by atoms with E-state index in [-0.39, 0.29) is 15.4 Å². The lowest BCUT2D eigenvalue weighted by Crippen LogP contribution is -2.35. The van der Waals surface area contributed by atoms with Crippen LogP contribution in [0.4, 0.5) is 0 Å². The zero-order chi connectivity index (χ0) is 21.5. The molecule has 0 amide bonds. The molecular weight excluding hydrogens is 406 g/mol. The molecule has 0 fully saturated rings. The summed E-state index contributed by atoms with van der Waals surface area (Å²) in [4.78, 5) is 23.9. The number of nitrogens with zero attached hydrogens (tertiary/aromatic N) is 3. The van der Waals surface area contributed by atoms with E-state index in [1.54, 1.807) is 48.1 Å². The van der Waals surface area contributed by atoms with Crippen molar-refractivity contribution in [3.8, 4) is 0 Å². The topological polar surface area (TPSA) is 119 Å². The van der Waals surface area contributed by atoms with Crippen molar-refractivity contribution in [1.82, 2.24) is 19.6 Å². The Bertz CT molecular complexity index is 1360. The minimum absolute atomic E-state index is 0.145. The summed E-state index contributed by atoms with van der Waals surface area (Å²) >= 11 is 0. The molecule has 4 aromatic rings. The number of rotatable bonds is 6. The Morgan fingerprint density at radius 1 is 1.30 bits per heavy atom. The van der Waals surface area contributed by atoms with Gasteiger partial charge in [0.15, 0.2) is 5.03 Å². The summed E-state index contributed by atoms with van der Waals surface area (Å²) in [5.74, 6) is -0.425. The number of pyridine rings is 1. The highest BCUT2D eigenvalue weighted by Crippen LogP contribution is 2.31. The van der Waals surface area contributed by atoms with Crippen LogP contribution in [0.15, 0.2) is 52.8 Å². The first-order chi connectivity index (χ1) is 14.4. The van der Waals surface area contributed by atoms with Gasteiger partial charge in [-0.1, -0.05) is 25.1 Å². The number of carbonyl (C=O) groups is 1. The van der Waals surface area contributed by atoms with Crippen LogP contribution in [0.1, 0.15) is 18.9 Å². The number of benzene rings is 1. The second-order valence-electron chi connectivity index (χ2n) is 6.85. The van der Waals surface area contributed by atoms with Crippen LogP contribution in [0, 0.1) is 6.92 Å². The van der Waals surface area contributed by atoms with E-state index in [0.717, 1.165) is 0 Å². The number of aryl methyl sites for hydroxylation is 1. The van der Waals surface area contributed by atoms with Gasteiger partial charge in [-0.25, -0.2) is 27.9 Å². The molecule has 3 aromatic heterocycles. The molecule has 30 heavy (non-hydrogen) atoms. The van der Waals surface area contributed by atoms with Crippen LogP contribution in [0.5, 0.6) is 0 Å². The number of ether oxygens (including phenoxy) is 1. The van der Waals surface area contributed by atoms with Gasteiger partial charge >= 0.3 is 5.97 Å². The third kappa shape index (κ3) is 3.09. The summed E-state index contributed by atoms with van der Waals surface area (Å²) in [6.45, 7) is 3.58. The van der Waals surface area contributed by atoms with Gasteiger partial charge < -0.3 is 15.1 Å². The predicted molar refractivity (Wildman–Crippen MR) is 111 cm³/mol. The number of hydrogen-bond donors (Lipinski definition) is 2. The monoisotopic (exact) mass is 427 g/mol. The van der Waals surface area contributed by atoms with Crippen molar-refractivity contribution in [1.29, 1.82) is 0 Å². The molecule has 0 bridgehead atoms. The number of esters is 1. The van der Waals surface area contributed by atoms with E-state index < -0.39 is 21.8 Å². The first-order valence-electron chi connectivity index (χ1n) is 9.37. The quantitative estimate of drug-likeness (QED) is 0.454. The number of aromatic amines is 1. The standard InChI is InChI=1S/C20H21N5O4S/c1-4-14(20(26)29-3)24-25-11-22-16-17(25)13-9-10-21-18(13)23-19(16)30(27,28)15-8-6-5-7-12(15)2/h5-11,14,24H,4H2,1-3H3,(H,21,23). The van der Waals surface area contributed by atoms with Crippen LogP contribution in [-0.2, 0) is 19.4 Å². The normalized spacial score (nSPS) is 12.9. The van der Waals surface area contributed by atoms with Crippen LogP contribution in [0.3, 0.4) is 0 Å². The van der Waals surface area contributed by atoms with E-state index >= 15 is 0 Å². The Morgan fingerprint density at radius 2 is 2.07 bits per heavy atom. The molecule has 1 unspecified atom stereocenters. The summed E-state index contributed by atoms with van der Waals surface area (Å²) in [5, 5.41) is 0.534. The third-order valence-electron chi connectivity index (χ3n) is 4.99. The average Bonchev–Trinajstić information content (AvgIpc) is 3.37. The van der Waals surface area contributed by atoms with Crippen molar-refractivity contribution in [3.63, 3.8) is 0 Å². The molecule has 0 spiro atoms. The number of hydrogen-bond acceptors (Lipinski definition) is 7. The van der Waals surface area contributed by atoms with Gasteiger partial charge in [0.25, 0.3) is 0 Å². The van der Waals surface area contributed by atoms with Crippen molar-refractivity contribution >= 4 is 37.9 Å². The van der Waals surface area contributed by atoms with Gasteiger partial charge in [-0.2, -0.15) is 0 Å². The lowest BCUT2D eigenvalue weighted by Gasteiger charge is -2.17. The SMILES string of the molecule is CCC(Nn1cnc2c(S(=O)(=O)c3ccccc3C)nc3[nH]ccc3c21)C(=O)OC. The van der Waals surface area contributed by atoms with Crippen LogP contribution in [0.2, 0.25) is 0 Å². The Morgan fingerprint density at radius 3 is 2.77 bits per heavy atom. The molecule has 0 radical (unpaired) electrons. The van der Waals surface area contributed by atoms with Crippen molar-refractivity contribution in [2.45, 2.75) is 36.2 Å². The molecule has 0 saturated heterocycles. The lowest BCUT2D eigenvalue weighted by atomic mass is 10.2. The van der Waals surface area contributed by atoms with Crippen LogP contribution in [0.25, 0.3) is 22.1 Å². The van der Waals surface area contributed by atoms with Gasteiger partial charge in [-0.15, -0.1) is 0 Å². The van der Waals surface area contributed by atoms with Crippen LogP contribution < -0.4 is 5.43 Å². The zero-order valence-electron chi connectivity index (χ0n) is 16.7. The number of H-pyrrole nitrogens is 1. The van der Waals surface area contributed by atoms with Crippen LogP contribution >= 0.6 is 0 Å². The molecular formula is C20H21N5O4S. The molecule has 0 aliphatic rings. The van der Waals surface area contributed by atoms with Gasteiger partial charge in [0.2, 0.25) is 9.84 Å². The van der Waals surface area contributed by atoms with E-state index in [1.165, 1.54) is 13.4 Å². The smallest absolute Gasteiger partial charge is 0.329 e. The maximum Gasteiger partial charge on any atom is 0.329 e. The largest absolute Gasteiger partial charge is 0.467 e. The molecule has 10 heteroatoms. The molecule has 0 aliphatic heterocycles. The van der Waals surface area contributed by atoms with E-state index in [2.05, 4.69) is 20.4 Å². The predicted octanol–water partition coefficient (Wildman–Crippen LogP) is 2.55. The first kappa shape index (κ1) is 19.9. The van der Waals surface area contributed by atoms with Crippen molar-refractivity contribution in [3.05, 3.63) is 48.4 Å². The van der Waals surface area contributed by atoms with Gasteiger partial charge in [0, 0.05) is 11.6 Å². The first-order valence-corrected chi connectivity index (χ1v) is 10.9. The summed E-state index contributed by atoms with van der Waals surface area (Å²) in [7, 11) is -2.61. The number of methoxy groups -OCH3 is 1. The van der Waals surface area contributed by atoms with Crippen molar-refractivity contribution in [2.75, 3.05) is 12.5 Å². The molecule has 3 heterocycles. The fourth-order valence-electron chi connectivity index (χ4n) is 3.43. The van der Waals surface area contributed by atoms with E-state index in [1.807, 2.05) is 6.92 Å². The summed E-state index contributed by atoms with van der Waals surface area (Å²) in [6, 6.07) is 7.91. The maximum atomic E-state index is 13.5. The van der Waals surface area contributed by atoms with Gasteiger partial charge in [0.05, 0.1) is 12.0 Å². The minimum atomic E-state index is -3.93. The Labute approximate surface area is 173 Å². The molecule has 1 atom stereocenters. The number of sulfone groups is 1. The average molecular weight is 427 g/mol. The van der Waals surface area contributed by atoms with Gasteiger partial charge in [0.1, 0.15) is 29.0 Å². The van der Waals surface area contributed by atoms with E-state index in [4.69, 9.17) is 4.74 Å². The van der Waals surface area contributed by atoms with E-state index in [0.29, 0.717) is 28.5 Å². The number of carbonyl (C=O) groups excluding carboxylic acids is 1. The van der Waals surface area contributed by atoms with Gasteiger partial charge in [-0.3, -0.25) is 0 Å². The van der Waals surface area contributed by atoms with Gasteiger partial charge in [-0.05, 0) is 31.0 Å². The zero-order valence-corrected chi connectivity index (χ0v) is 17.5. The minimum Gasteiger partial charge on any atom is -0.467 e. The number of imidazole rings is 1. The van der Waals surface area contributed by atoms with E-state index in [9.17, 15) is 13.2 Å². The summed E-state index contributed by atoms with van der Waals surface area (Å²) in [6.07, 6.45) is 3.60. The highest BCUT2D eigenvalue weighted by molar-refractivity contribution is 7.91. The fourth-order valence-corrected chi connectivity index (χ4v) is 5.00. The molecule has 4 rings (SSSR count). The second-order valence-corrected chi connectivity index (χ2v) is 8.68. The second kappa shape index (κ2) is 7.45. The third-order valence-corrected chi connectivity index (χ3v) is 6.82. The fraction of sp³-hybridized carbons (Fsp3) is 0.250. The Hall–Kier alpha value is -3.40. The molecule has 0 saturated carbocycles. The molecule has 2 N–H and O–H groups in total. The molecule has 0 aliphatic carbocycles. The highest BCUT2D eigenvalue weighted by atomic mass is 32.2. The lowest BCUT2D eigenvalue weighted by molar-refractivity contribution is -0.141.